The topological polar surface area (TPSA) is 241 Å². The number of rotatable bonds is 0. The summed E-state index contributed by atoms with van der Waals surface area (Å²) in [5.74, 6) is 0. The Morgan fingerprint density at radius 2 is 0.400 bits per heavy atom. The Morgan fingerprint density at radius 1 is 0.400 bits per heavy atom. The van der Waals surface area contributed by atoms with Crippen molar-refractivity contribution in [1.29, 1.82) is 0 Å². The summed E-state index contributed by atoms with van der Waals surface area (Å²) >= 11 is -10.5. The van der Waals surface area contributed by atoms with Crippen LogP contribution in [0.15, 0.2) is 0 Å². The quantitative estimate of drug-likeness (QED) is 0.222. The molecule has 0 bridgehead atoms. The minimum atomic E-state index is -1.75. The summed E-state index contributed by atoms with van der Waals surface area (Å²) in [6, 6.07) is 0. The van der Waals surface area contributed by atoms with Crippen LogP contribution in [0.4, 0.5) is 0 Å². The fourth-order valence-corrected chi connectivity index (χ4v) is 0. The molecule has 0 aliphatic rings. The average molecular weight is 650 g/mol. The van der Waals surface area contributed by atoms with Gasteiger partial charge in [0.25, 0.3) is 0 Å². The van der Waals surface area contributed by atoms with Crippen molar-refractivity contribution in [1.82, 2.24) is 0 Å². The molecule has 0 unspecified atom stereocenters. The maximum atomic E-state index is 8.46. The predicted octanol–water partition coefficient (Wildman–Crippen LogP) is -10.1. The van der Waals surface area contributed by atoms with E-state index in [2.05, 4.69) is 0 Å². The fourth-order valence-electron chi connectivity index (χ4n) is 0. The predicted molar refractivity (Wildman–Crippen MR) is 38.6 cm³/mol. The van der Waals surface area contributed by atoms with Crippen LogP contribution >= 0.6 is 0 Å². The van der Waals surface area contributed by atoms with Crippen molar-refractivity contribution in [3.8, 4) is 0 Å². The molecular formula is Al6GdLaO12. The monoisotopic (exact) mass is 651 g/mol. The van der Waals surface area contributed by atoms with Crippen molar-refractivity contribution in [2.75, 3.05) is 0 Å². The van der Waals surface area contributed by atoms with Crippen molar-refractivity contribution in [2.45, 2.75) is 0 Å². The number of hydrogen-bond acceptors (Lipinski definition) is 12. The van der Waals surface area contributed by atoms with Gasteiger partial charge in [-0.2, -0.15) is 0 Å². The molecule has 20 heteroatoms. The first-order valence-corrected chi connectivity index (χ1v) is 8.49. The van der Waals surface area contributed by atoms with Crippen LogP contribution in [-0.4, -0.2) is 92.9 Å². The number of hydrogen-bond donors (Lipinski definition) is 0. The Bertz CT molecular complexity index is 119. The van der Waals surface area contributed by atoms with Gasteiger partial charge in [-0.3, -0.25) is 0 Å². The van der Waals surface area contributed by atoms with Gasteiger partial charge in [0.2, 0.25) is 0 Å². The molecule has 0 aromatic rings. The zero-order valence-electron chi connectivity index (χ0n) is 9.29. The van der Waals surface area contributed by atoms with Gasteiger partial charge in [-0.15, -0.1) is 0 Å². The van der Waals surface area contributed by atoms with Gasteiger partial charge in [-0.25, -0.2) is 0 Å². The van der Waals surface area contributed by atoms with E-state index < -0.39 is 92.9 Å². The molecule has 0 N–H and O–H groups in total. The second-order valence-electron chi connectivity index (χ2n) is 0.577. The molecule has 0 atom stereocenters. The van der Waals surface area contributed by atoms with E-state index in [0.717, 1.165) is 0 Å². The molecule has 0 aromatic carbocycles. The molecule has 20 heavy (non-hydrogen) atoms. The van der Waals surface area contributed by atoms with Crippen LogP contribution in [0.25, 0.3) is 0 Å². The van der Waals surface area contributed by atoms with Crippen LogP contribution in [-0.2, 0) is 22.8 Å². The molecule has 0 heterocycles. The zero-order valence-corrected chi connectivity index (χ0v) is 22.1. The van der Waals surface area contributed by atoms with Gasteiger partial charge in [0, 0.05) is 0 Å². The molecule has 0 amide bonds. The van der Waals surface area contributed by atoms with Gasteiger partial charge < -0.3 is 0 Å². The summed E-state index contributed by atoms with van der Waals surface area (Å²) in [7, 11) is 0. The Hall–Kier alpha value is 3.31. The summed E-state index contributed by atoms with van der Waals surface area (Å²) in [5, 5.41) is 0. The van der Waals surface area contributed by atoms with Crippen LogP contribution < -0.4 is 24.9 Å². The van der Waals surface area contributed by atoms with Crippen LogP contribution in [0.5, 0.6) is 0 Å². The van der Waals surface area contributed by atoms with Crippen LogP contribution in [0.1, 0.15) is 0 Å². The third-order valence-corrected chi connectivity index (χ3v) is 0. The van der Waals surface area contributed by atoms with E-state index in [1.54, 1.807) is 0 Å². The maximum absolute atomic E-state index is 8.46. The van der Waals surface area contributed by atoms with Crippen LogP contribution in [0.2, 0.25) is 0 Å². The molecule has 0 aromatic heterocycles. The minimum absolute atomic E-state index is 0. The third-order valence-electron chi connectivity index (χ3n) is 0. The Labute approximate surface area is 211 Å². The molecule has 0 spiro atoms. The second kappa shape index (κ2) is 117. The molecule has 0 aliphatic heterocycles. The molecule has 101 valence electrons. The van der Waals surface area contributed by atoms with E-state index in [-0.39, 0.29) is 75.5 Å². The van der Waals surface area contributed by atoms with E-state index in [1.807, 2.05) is 0 Å². The van der Waals surface area contributed by atoms with E-state index in [4.69, 9.17) is 47.8 Å². The molecule has 0 rings (SSSR count). The molecular weight excluding hydrogens is 650 g/mol. The van der Waals surface area contributed by atoms with Crippen molar-refractivity contribution >= 4 is 92.9 Å². The van der Waals surface area contributed by atoms with Gasteiger partial charge in [0.1, 0.15) is 0 Å². The zero-order chi connectivity index (χ0) is 16.2. The first-order valence-electron chi connectivity index (χ1n) is 2.83. The summed E-state index contributed by atoms with van der Waals surface area (Å²) < 4.78 is 101. The fraction of sp³-hybridized carbons (Fsp3) is 0. The molecule has 1 radical (unpaired) electrons. The first kappa shape index (κ1) is 49.5. The normalized spacial score (nSPS) is 2.40. The molecule has 0 fully saturated rings. The third kappa shape index (κ3) is 801. The average Bonchev–Trinajstić information content (AvgIpc) is 2.23. The summed E-state index contributed by atoms with van der Waals surface area (Å²) in [4.78, 5) is 0. The Morgan fingerprint density at radius 3 is 0.400 bits per heavy atom. The van der Waals surface area contributed by atoms with Crippen LogP contribution in [0, 0.1) is 75.5 Å². The van der Waals surface area contributed by atoms with E-state index in [1.165, 1.54) is 0 Å². The molecule has 0 saturated carbocycles. The standard InChI is InChI=1S/6Al.Gd.La.12O/q;;;;;;2*+3;;;;;;;6*-1. The van der Waals surface area contributed by atoms with Gasteiger partial charge in [0.05, 0.1) is 0 Å². The Kier molecular flexibility index (Phi) is 289. The molecule has 0 saturated heterocycles. The summed E-state index contributed by atoms with van der Waals surface area (Å²) in [6.07, 6.45) is 0. The summed E-state index contributed by atoms with van der Waals surface area (Å²) in [5.41, 5.74) is 0. The van der Waals surface area contributed by atoms with Gasteiger partial charge >= 0.3 is 216 Å². The van der Waals surface area contributed by atoms with Gasteiger partial charge in [-0.1, -0.05) is 0 Å². The van der Waals surface area contributed by atoms with Crippen LogP contribution in [0.3, 0.4) is 0 Å². The van der Waals surface area contributed by atoms with Crippen molar-refractivity contribution < 1.29 is 123 Å². The van der Waals surface area contributed by atoms with E-state index >= 15 is 0 Å². The van der Waals surface area contributed by atoms with E-state index in [0.29, 0.717) is 0 Å². The first-order chi connectivity index (χ1) is 8.49. The van der Waals surface area contributed by atoms with E-state index in [9.17, 15) is 0 Å². The SMILES string of the molecule is [Gd+3].[La+3].[O]=[Al][O-].[O]=[Al][O-].[O]=[Al][O-].[O]=[Al][O-].[O]=[Al][O-].[O]=[Al][O-]. The second-order valence-corrected chi connectivity index (χ2v) is 1.73. The van der Waals surface area contributed by atoms with Gasteiger partial charge in [0.15, 0.2) is 0 Å². The Balaban J connectivity index is -0.0000000141. The molecule has 12 nitrogen and oxygen atoms in total. The van der Waals surface area contributed by atoms with Crippen molar-refractivity contribution in [2.24, 2.45) is 0 Å². The van der Waals surface area contributed by atoms with Crippen molar-refractivity contribution in [3.05, 3.63) is 0 Å². The molecule has 0 aliphatic carbocycles. The van der Waals surface area contributed by atoms with Crippen molar-refractivity contribution in [3.63, 3.8) is 0 Å². The summed E-state index contributed by atoms with van der Waals surface area (Å²) in [6.45, 7) is 0. The van der Waals surface area contributed by atoms with Gasteiger partial charge in [-0.05, 0) is 0 Å².